The molecule has 1 aliphatic rings. The van der Waals surface area contributed by atoms with Gasteiger partial charge in [-0.25, -0.2) is 4.98 Å². The van der Waals surface area contributed by atoms with E-state index in [0.717, 1.165) is 23.8 Å². The molecule has 2 N–H and O–H groups in total. The summed E-state index contributed by atoms with van der Waals surface area (Å²) in [5.41, 5.74) is 9.33. The van der Waals surface area contributed by atoms with Crippen LogP contribution in [0.4, 0.5) is 0 Å². The van der Waals surface area contributed by atoms with Gasteiger partial charge in [0.1, 0.15) is 0 Å². The molecule has 0 atom stereocenters. The lowest BCUT2D eigenvalue weighted by atomic mass is 10.0. The van der Waals surface area contributed by atoms with E-state index in [1.165, 1.54) is 0 Å². The van der Waals surface area contributed by atoms with Gasteiger partial charge in [0, 0.05) is 17.8 Å². The van der Waals surface area contributed by atoms with E-state index in [-0.39, 0.29) is 5.78 Å². The number of fused-ring (bicyclic) bond motifs is 1. The van der Waals surface area contributed by atoms with Crippen molar-refractivity contribution in [1.29, 1.82) is 0 Å². The van der Waals surface area contributed by atoms with Crippen LogP contribution < -0.4 is 5.73 Å². The lowest BCUT2D eigenvalue weighted by Crippen LogP contribution is -2.20. The first-order valence-corrected chi connectivity index (χ1v) is 5.06. The van der Waals surface area contributed by atoms with Crippen LogP contribution in [0.15, 0.2) is 5.57 Å². The van der Waals surface area contributed by atoms with E-state index >= 15 is 0 Å². The molecular formula is C11H15N3O. The lowest BCUT2D eigenvalue weighted by molar-refractivity contribution is -0.113. The first-order valence-electron chi connectivity index (χ1n) is 5.06. The van der Waals surface area contributed by atoms with E-state index < -0.39 is 0 Å². The number of aryl methyl sites for hydroxylation is 1. The highest BCUT2D eigenvalue weighted by molar-refractivity contribution is 6.00. The molecule has 4 heteroatoms. The fourth-order valence-corrected chi connectivity index (χ4v) is 1.99. The molecule has 1 aliphatic heterocycles. The number of nitrogens with zero attached hydrogens (tertiary/aromatic N) is 2. The first-order chi connectivity index (χ1) is 7.02. The highest BCUT2D eigenvalue weighted by Crippen LogP contribution is 2.25. The number of Topliss-reactive ketones (excluding diaryl/α,β-unsaturated/α-hetero) is 1. The van der Waals surface area contributed by atoms with Gasteiger partial charge in [-0.3, -0.25) is 4.79 Å². The Balaban J connectivity index is 2.61. The average molecular weight is 205 g/mol. The van der Waals surface area contributed by atoms with E-state index in [0.29, 0.717) is 17.7 Å². The second-order valence-electron chi connectivity index (χ2n) is 3.96. The number of nitrogens with two attached hydrogens (primary N) is 1. The van der Waals surface area contributed by atoms with Gasteiger partial charge in [-0.1, -0.05) is 0 Å². The summed E-state index contributed by atoms with van der Waals surface area (Å²) >= 11 is 0. The second-order valence-corrected chi connectivity index (χ2v) is 3.96. The quantitative estimate of drug-likeness (QED) is 0.748. The van der Waals surface area contributed by atoms with Gasteiger partial charge in [0.15, 0.2) is 11.6 Å². The molecule has 0 bridgehead atoms. The number of imidazole rings is 1. The van der Waals surface area contributed by atoms with Gasteiger partial charge >= 0.3 is 0 Å². The molecule has 1 aromatic heterocycles. The molecule has 2 rings (SSSR count). The summed E-state index contributed by atoms with van der Waals surface area (Å²) in [7, 11) is 0. The highest BCUT2D eigenvalue weighted by atomic mass is 16.1. The summed E-state index contributed by atoms with van der Waals surface area (Å²) in [5.74, 6) is 0.804. The average Bonchev–Trinajstić information content (AvgIpc) is 2.45. The Hall–Kier alpha value is -1.58. The van der Waals surface area contributed by atoms with E-state index in [9.17, 15) is 4.79 Å². The molecular weight excluding hydrogens is 190 g/mol. The summed E-state index contributed by atoms with van der Waals surface area (Å²) < 4.78 is 2.08. The summed E-state index contributed by atoms with van der Waals surface area (Å²) in [5, 5.41) is 0. The van der Waals surface area contributed by atoms with Gasteiger partial charge in [-0.15, -0.1) is 0 Å². The van der Waals surface area contributed by atoms with Crippen molar-refractivity contribution < 1.29 is 4.79 Å². The van der Waals surface area contributed by atoms with Crippen molar-refractivity contribution in [2.45, 2.75) is 33.7 Å². The SMILES string of the molecule is CC(=O)C1=C(N)c2nc(C)c(C)n2CC1. The Morgan fingerprint density at radius 1 is 1.47 bits per heavy atom. The largest absolute Gasteiger partial charge is 0.395 e. The van der Waals surface area contributed by atoms with Crippen LogP contribution in [0.5, 0.6) is 0 Å². The molecule has 0 fully saturated rings. The third-order valence-corrected chi connectivity index (χ3v) is 3.03. The fourth-order valence-electron chi connectivity index (χ4n) is 1.99. The van der Waals surface area contributed by atoms with Gasteiger partial charge in [0.2, 0.25) is 0 Å². The number of hydrogen-bond donors (Lipinski definition) is 1. The second kappa shape index (κ2) is 3.22. The standard InChI is InChI=1S/C11H15N3O/c1-6-7(2)14-5-4-9(8(3)15)10(12)11(14)13-6/h4-5,12H2,1-3H3. The van der Waals surface area contributed by atoms with Crippen LogP contribution in [-0.4, -0.2) is 15.3 Å². The number of ketones is 1. The maximum absolute atomic E-state index is 11.3. The highest BCUT2D eigenvalue weighted by Gasteiger charge is 2.22. The Morgan fingerprint density at radius 2 is 2.13 bits per heavy atom. The molecule has 0 aliphatic carbocycles. The van der Waals surface area contributed by atoms with Crippen LogP contribution >= 0.6 is 0 Å². The molecule has 0 saturated carbocycles. The molecule has 1 aromatic rings. The van der Waals surface area contributed by atoms with Crippen LogP contribution in [0.2, 0.25) is 0 Å². The number of carbonyl (C=O) groups is 1. The van der Waals surface area contributed by atoms with Crippen LogP contribution in [0.25, 0.3) is 5.70 Å². The van der Waals surface area contributed by atoms with Crippen molar-refractivity contribution in [2.75, 3.05) is 0 Å². The third-order valence-electron chi connectivity index (χ3n) is 3.03. The van der Waals surface area contributed by atoms with Gasteiger partial charge in [0.25, 0.3) is 0 Å². The normalized spacial score (nSPS) is 15.4. The Labute approximate surface area is 88.8 Å². The molecule has 0 unspecified atom stereocenters. The molecule has 0 amide bonds. The maximum atomic E-state index is 11.3. The zero-order valence-corrected chi connectivity index (χ0v) is 9.29. The van der Waals surface area contributed by atoms with Gasteiger partial charge < -0.3 is 10.3 Å². The van der Waals surface area contributed by atoms with Crippen molar-refractivity contribution >= 4 is 11.5 Å². The topological polar surface area (TPSA) is 60.9 Å². The fraction of sp³-hybridized carbons (Fsp3) is 0.455. The number of carbonyl (C=O) groups excluding carboxylic acids is 1. The van der Waals surface area contributed by atoms with Crippen molar-refractivity contribution in [3.05, 3.63) is 22.8 Å². The number of rotatable bonds is 1. The van der Waals surface area contributed by atoms with Gasteiger partial charge in [0.05, 0.1) is 11.4 Å². The summed E-state index contributed by atoms with van der Waals surface area (Å²) in [6.07, 6.45) is 0.713. The first kappa shape index (κ1) is 9.96. The minimum Gasteiger partial charge on any atom is -0.395 e. The summed E-state index contributed by atoms with van der Waals surface area (Å²) in [6, 6.07) is 0. The predicted molar refractivity (Wildman–Crippen MR) is 58.1 cm³/mol. The van der Waals surface area contributed by atoms with E-state index in [1.807, 2.05) is 13.8 Å². The zero-order valence-electron chi connectivity index (χ0n) is 9.29. The monoisotopic (exact) mass is 205 g/mol. The van der Waals surface area contributed by atoms with Crippen molar-refractivity contribution in [1.82, 2.24) is 9.55 Å². The molecule has 0 aromatic carbocycles. The molecule has 0 radical (unpaired) electrons. The van der Waals surface area contributed by atoms with Gasteiger partial charge in [-0.2, -0.15) is 0 Å². The molecule has 2 heterocycles. The van der Waals surface area contributed by atoms with Crippen LogP contribution in [-0.2, 0) is 11.3 Å². The van der Waals surface area contributed by atoms with Crippen LogP contribution in [0.3, 0.4) is 0 Å². The maximum Gasteiger partial charge on any atom is 0.158 e. The molecule has 15 heavy (non-hydrogen) atoms. The molecule has 0 saturated heterocycles. The Bertz CT molecular complexity index is 468. The van der Waals surface area contributed by atoms with Crippen LogP contribution in [0, 0.1) is 13.8 Å². The molecule has 0 spiro atoms. The summed E-state index contributed by atoms with van der Waals surface area (Å²) in [4.78, 5) is 15.7. The Morgan fingerprint density at radius 3 is 2.73 bits per heavy atom. The number of allylic oxidation sites excluding steroid dienone is 1. The number of hydrogen-bond acceptors (Lipinski definition) is 3. The van der Waals surface area contributed by atoms with E-state index in [1.54, 1.807) is 6.92 Å². The van der Waals surface area contributed by atoms with E-state index in [4.69, 9.17) is 5.73 Å². The van der Waals surface area contributed by atoms with Crippen molar-refractivity contribution in [3.63, 3.8) is 0 Å². The summed E-state index contributed by atoms with van der Waals surface area (Å²) in [6.45, 7) is 6.34. The Kier molecular flexibility index (Phi) is 2.14. The van der Waals surface area contributed by atoms with Crippen molar-refractivity contribution in [3.8, 4) is 0 Å². The van der Waals surface area contributed by atoms with Gasteiger partial charge in [-0.05, 0) is 27.2 Å². The third kappa shape index (κ3) is 1.37. The molecule has 4 nitrogen and oxygen atoms in total. The predicted octanol–water partition coefficient (Wildman–Crippen LogP) is 1.16. The van der Waals surface area contributed by atoms with Crippen LogP contribution in [0.1, 0.15) is 30.6 Å². The van der Waals surface area contributed by atoms with Crippen molar-refractivity contribution in [2.24, 2.45) is 5.73 Å². The zero-order chi connectivity index (χ0) is 11.2. The number of aromatic nitrogens is 2. The smallest absolute Gasteiger partial charge is 0.158 e. The lowest BCUT2D eigenvalue weighted by Gasteiger charge is -2.18. The minimum absolute atomic E-state index is 0.0528. The van der Waals surface area contributed by atoms with E-state index in [2.05, 4.69) is 9.55 Å². The molecule has 80 valence electrons. The minimum atomic E-state index is 0.0528.